The third kappa shape index (κ3) is 2.97. The van der Waals surface area contributed by atoms with Crippen LogP contribution in [0.4, 0.5) is 4.39 Å². The molecule has 20 heavy (non-hydrogen) atoms. The lowest BCUT2D eigenvalue weighted by Gasteiger charge is -2.20. The van der Waals surface area contributed by atoms with Gasteiger partial charge in [-0.05, 0) is 52.3 Å². The van der Waals surface area contributed by atoms with Gasteiger partial charge in [0.2, 0.25) is 0 Å². The van der Waals surface area contributed by atoms with Crippen LogP contribution in [-0.2, 0) is 0 Å². The number of methoxy groups -OCH3 is 1. The van der Waals surface area contributed by atoms with Gasteiger partial charge in [0.05, 0.1) is 17.6 Å². The molecule has 0 aliphatic heterocycles. The molecule has 1 unspecified atom stereocenters. The Bertz CT molecular complexity index is 621. The van der Waals surface area contributed by atoms with Gasteiger partial charge in [0, 0.05) is 5.02 Å². The zero-order chi connectivity index (χ0) is 14.7. The van der Waals surface area contributed by atoms with E-state index in [4.69, 9.17) is 16.3 Å². The molecule has 0 aliphatic carbocycles. The van der Waals surface area contributed by atoms with Crippen LogP contribution in [0, 0.1) is 5.82 Å². The maximum atomic E-state index is 13.7. The zero-order valence-corrected chi connectivity index (χ0v) is 13.4. The smallest absolute Gasteiger partial charge is 0.137 e. The van der Waals surface area contributed by atoms with Crippen molar-refractivity contribution in [3.8, 4) is 5.75 Å². The Labute approximate surface area is 131 Å². The van der Waals surface area contributed by atoms with Gasteiger partial charge in [0.25, 0.3) is 0 Å². The van der Waals surface area contributed by atoms with Crippen LogP contribution in [0.15, 0.2) is 40.9 Å². The highest BCUT2D eigenvalue weighted by Gasteiger charge is 2.19. The Morgan fingerprint density at radius 2 is 2.00 bits per heavy atom. The molecule has 5 heteroatoms. The van der Waals surface area contributed by atoms with Gasteiger partial charge in [0.1, 0.15) is 11.6 Å². The van der Waals surface area contributed by atoms with E-state index in [2.05, 4.69) is 21.2 Å². The van der Waals surface area contributed by atoms with Crippen molar-refractivity contribution in [2.24, 2.45) is 0 Å². The SMILES string of the molecule is CNC(c1ccc(OC)cc1Cl)c1cccc(F)c1Br. The first-order valence-corrected chi connectivity index (χ1v) is 7.20. The zero-order valence-electron chi connectivity index (χ0n) is 11.1. The van der Waals surface area contributed by atoms with Crippen molar-refractivity contribution in [2.75, 3.05) is 14.2 Å². The summed E-state index contributed by atoms with van der Waals surface area (Å²) in [6, 6.07) is 10.2. The summed E-state index contributed by atoms with van der Waals surface area (Å²) in [5, 5.41) is 3.73. The fourth-order valence-corrected chi connectivity index (χ4v) is 2.86. The highest BCUT2D eigenvalue weighted by molar-refractivity contribution is 9.10. The Balaban J connectivity index is 2.50. The van der Waals surface area contributed by atoms with E-state index in [0.29, 0.717) is 15.2 Å². The Morgan fingerprint density at radius 1 is 1.25 bits per heavy atom. The van der Waals surface area contributed by atoms with Crippen LogP contribution < -0.4 is 10.1 Å². The lowest BCUT2D eigenvalue weighted by molar-refractivity contribution is 0.414. The van der Waals surface area contributed by atoms with Gasteiger partial charge >= 0.3 is 0 Å². The topological polar surface area (TPSA) is 21.3 Å². The summed E-state index contributed by atoms with van der Waals surface area (Å²) in [5.41, 5.74) is 1.65. The minimum absolute atomic E-state index is 0.210. The summed E-state index contributed by atoms with van der Waals surface area (Å²) in [7, 11) is 3.40. The fourth-order valence-electron chi connectivity index (χ4n) is 2.09. The largest absolute Gasteiger partial charge is 0.497 e. The molecule has 0 bridgehead atoms. The normalized spacial score (nSPS) is 12.2. The van der Waals surface area contributed by atoms with Crippen LogP contribution in [0.2, 0.25) is 5.02 Å². The molecule has 1 atom stereocenters. The molecular formula is C15H14BrClFNO. The highest BCUT2D eigenvalue weighted by atomic mass is 79.9. The van der Waals surface area contributed by atoms with Gasteiger partial charge in [-0.2, -0.15) is 0 Å². The first-order valence-electron chi connectivity index (χ1n) is 6.03. The monoisotopic (exact) mass is 357 g/mol. The molecule has 106 valence electrons. The van der Waals surface area contributed by atoms with Crippen LogP contribution in [0.3, 0.4) is 0 Å². The summed E-state index contributed by atoms with van der Waals surface area (Å²) < 4.78 is 19.3. The summed E-state index contributed by atoms with van der Waals surface area (Å²) in [6.07, 6.45) is 0. The molecule has 2 aromatic rings. The molecule has 2 rings (SSSR count). The van der Waals surface area contributed by atoms with Crippen molar-refractivity contribution in [2.45, 2.75) is 6.04 Å². The van der Waals surface area contributed by atoms with Crippen molar-refractivity contribution >= 4 is 27.5 Å². The van der Waals surface area contributed by atoms with E-state index in [1.165, 1.54) is 6.07 Å². The molecular weight excluding hydrogens is 345 g/mol. The molecule has 2 nitrogen and oxygen atoms in total. The molecule has 0 radical (unpaired) electrons. The van der Waals surface area contributed by atoms with Gasteiger partial charge in [-0.3, -0.25) is 0 Å². The van der Waals surface area contributed by atoms with Crippen LogP contribution in [-0.4, -0.2) is 14.2 Å². The summed E-state index contributed by atoms with van der Waals surface area (Å²) in [6.45, 7) is 0. The summed E-state index contributed by atoms with van der Waals surface area (Å²) in [4.78, 5) is 0. The molecule has 0 aliphatic rings. The lowest BCUT2D eigenvalue weighted by atomic mass is 9.98. The van der Waals surface area contributed by atoms with E-state index in [0.717, 1.165) is 11.1 Å². The van der Waals surface area contributed by atoms with E-state index in [1.807, 2.05) is 25.2 Å². The van der Waals surface area contributed by atoms with Gasteiger partial charge in [0.15, 0.2) is 0 Å². The van der Waals surface area contributed by atoms with Crippen LogP contribution in [0.25, 0.3) is 0 Å². The number of halogens is 3. The van der Waals surface area contributed by atoms with E-state index >= 15 is 0 Å². The predicted molar refractivity (Wildman–Crippen MR) is 83.0 cm³/mol. The van der Waals surface area contributed by atoms with Crippen molar-refractivity contribution in [1.82, 2.24) is 5.32 Å². The lowest BCUT2D eigenvalue weighted by Crippen LogP contribution is -2.19. The Hall–Kier alpha value is -1.10. The number of benzene rings is 2. The molecule has 0 amide bonds. The van der Waals surface area contributed by atoms with Gasteiger partial charge in [-0.15, -0.1) is 0 Å². The maximum Gasteiger partial charge on any atom is 0.137 e. The Kier molecular flexibility index (Phi) is 5.02. The molecule has 2 aromatic carbocycles. The average Bonchev–Trinajstić information content (AvgIpc) is 2.45. The average molecular weight is 359 g/mol. The minimum atomic E-state index is -0.299. The van der Waals surface area contributed by atoms with E-state index < -0.39 is 0 Å². The number of hydrogen-bond acceptors (Lipinski definition) is 2. The van der Waals surface area contributed by atoms with Crippen LogP contribution in [0.5, 0.6) is 5.75 Å². The van der Waals surface area contributed by atoms with Crippen molar-refractivity contribution in [3.63, 3.8) is 0 Å². The van der Waals surface area contributed by atoms with Crippen LogP contribution in [0.1, 0.15) is 17.2 Å². The van der Waals surface area contributed by atoms with E-state index in [9.17, 15) is 4.39 Å². The molecule has 0 heterocycles. The second-order valence-electron chi connectivity index (χ2n) is 4.25. The third-order valence-corrected chi connectivity index (χ3v) is 4.26. The molecule has 0 fully saturated rings. The minimum Gasteiger partial charge on any atom is -0.497 e. The van der Waals surface area contributed by atoms with Gasteiger partial charge < -0.3 is 10.1 Å². The van der Waals surface area contributed by atoms with Crippen molar-refractivity contribution < 1.29 is 9.13 Å². The molecule has 0 aromatic heterocycles. The van der Waals surface area contributed by atoms with E-state index in [-0.39, 0.29) is 11.9 Å². The number of hydrogen-bond donors (Lipinski definition) is 1. The maximum absolute atomic E-state index is 13.7. The molecule has 0 saturated carbocycles. The Morgan fingerprint density at radius 3 is 2.60 bits per heavy atom. The third-order valence-electron chi connectivity index (χ3n) is 3.10. The van der Waals surface area contributed by atoms with Crippen molar-refractivity contribution in [1.29, 1.82) is 0 Å². The van der Waals surface area contributed by atoms with Gasteiger partial charge in [-0.25, -0.2) is 4.39 Å². The summed E-state index contributed by atoms with van der Waals surface area (Å²) in [5.74, 6) is 0.388. The molecule has 1 N–H and O–H groups in total. The van der Waals surface area contributed by atoms with Crippen molar-refractivity contribution in [3.05, 3.63) is 62.8 Å². The molecule has 0 spiro atoms. The first-order chi connectivity index (χ1) is 9.58. The second-order valence-corrected chi connectivity index (χ2v) is 5.45. The summed E-state index contributed by atoms with van der Waals surface area (Å²) >= 11 is 9.58. The van der Waals surface area contributed by atoms with Crippen LogP contribution >= 0.6 is 27.5 Å². The number of ether oxygens (including phenoxy) is 1. The first kappa shape index (κ1) is 15.3. The predicted octanol–water partition coefficient (Wildman–Crippen LogP) is 4.56. The molecule has 0 saturated heterocycles. The number of rotatable bonds is 4. The van der Waals surface area contributed by atoms with Gasteiger partial charge in [-0.1, -0.05) is 29.8 Å². The standard InChI is InChI=1S/C15H14BrClFNO/c1-19-15(11-4-3-5-13(18)14(11)16)10-7-6-9(20-2)8-12(10)17/h3-8,15,19H,1-2H3. The number of nitrogens with one attached hydrogen (secondary N) is 1. The quantitative estimate of drug-likeness (QED) is 0.865. The fraction of sp³-hybridized carbons (Fsp3) is 0.200. The second kappa shape index (κ2) is 6.57. The highest BCUT2D eigenvalue weighted by Crippen LogP contribution is 2.34. The van der Waals surface area contributed by atoms with E-state index in [1.54, 1.807) is 19.2 Å².